The summed E-state index contributed by atoms with van der Waals surface area (Å²) in [5.74, 6) is -0.0133. The molecule has 1 saturated carbocycles. The molecule has 2 aromatic rings. The second kappa shape index (κ2) is 6.14. The van der Waals surface area contributed by atoms with Gasteiger partial charge in [-0.3, -0.25) is 9.78 Å². The van der Waals surface area contributed by atoms with Crippen molar-refractivity contribution in [3.63, 3.8) is 0 Å². The molecule has 1 aromatic carbocycles. The average molecular weight is 347 g/mol. The molecule has 0 atom stereocenters. The number of alkyl halides is 1. The molecule has 0 spiro atoms. The van der Waals surface area contributed by atoms with Crippen LogP contribution in [0.25, 0.3) is 10.9 Å². The van der Waals surface area contributed by atoms with Gasteiger partial charge in [0.25, 0.3) is 5.91 Å². The highest BCUT2D eigenvalue weighted by Gasteiger charge is 2.33. The van der Waals surface area contributed by atoms with Gasteiger partial charge < -0.3 is 5.32 Å². The van der Waals surface area contributed by atoms with Crippen molar-refractivity contribution in [3.8, 4) is 0 Å². The lowest BCUT2D eigenvalue weighted by Gasteiger charge is -2.36. The number of halogens is 1. The lowest BCUT2D eigenvalue weighted by molar-refractivity contribution is 0.0888. The molecule has 1 fully saturated rings. The third kappa shape index (κ3) is 2.95. The molecule has 1 aromatic heterocycles. The molecule has 0 aliphatic heterocycles. The van der Waals surface area contributed by atoms with Crippen LogP contribution >= 0.6 is 15.9 Å². The van der Waals surface area contributed by atoms with Gasteiger partial charge in [0.15, 0.2) is 0 Å². The Kier molecular flexibility index (Phi) is 4.24. The average Bonchev–Trinajstić information content (AvgIpc) is 2.55. The topological polar surface area (TPSA) is 42.0 Å². The number of benzene rings is 1. The molecule has 4 heteroatoms. The van der Waals surface area contributed by atoms with Crippen LogP contribution in [-0.4, -0.2) is 21.8 Å². The van der Waals surface area contributed by atoms with Crippen LogP contribution in [0.15, 0.2) is 36.5 Å². The zero-order chi connectivity index (χ0) is 14.7. The summed E-state index contributed by atoms with van der Waals surface area (Å²) in [4.78, 5) is 17.1. The first-order chi connectivity index (χ1) is 10.2. The van der Waals surface area contributed by atoms with Gasteiger partial charge in [-0.1, -0.05) is 53.4 Å². The quantitative estimate of drug-likeness (QED) is 0.851. The number of carbonyl (C=O) groups excluding carboxylic acids is 1. The summed E-state index contributed by atoms with van der Waals surface area (Å²) in [6.07, 6.45) is 7.45. The first kappa shape index (κ1) is 14.5. The fourth-order valence-corrected chi connectivity index (χ4v) is 3.82. The van der Waals surface area contributed by atoms with E-state index in [9.17, 15) is 4.79 Å². The van der Waals surface area contributed by atoms with E-state index in [1.54, 1.807) is 6.20 Å². The summed E-state index contributed by atoms with van der Waals surface area (Å²) in [5, 5.41) is 5.08. The van der Waals surface area contributed by atoms with Crippen LogP contribution in [0.4, 0.5) is 0 Å². The minimum absolute atomic E-state index is 0.0133. The van der Waals surface area contributed by atoms with Gasteiger partial charge in [-0.25, -0.2) is 0 Å². The predicted octanol–water partition coefficient (Wildman–Crippen LogP) is 4.06. The fourth-order valence-electron chi connectivity index (χ4n) is 3.12. The summed E-state index contributed by atoms with van der Waals surface area (Å²) in [7, 11) is 0. The van der Waals surface area contributed by atoms with Gasteiger partial charge in [0.05, 0.1) is 16.6 Å². The molecular weight excluding hydrogens is 328 g/mol. The van der Waals surface area contributed by atoms with Crippen molar-refractivity contribution >= 4 is 32.7 Å². The third-order valence-electron chi connectivity index (χ3n) is 4.32. The van der Waals surface area contributed by atoms with E-state index < -0.39 is 0 Å². The second-order valence-electron chi connectivity index (χ2n) is 5.81. The molecule has 3 rings (SSSR count). The highest BCUT2D eigenvalue weighted by atomic mass is 79.9. The van der Waals surface area contributed by atoms with Crippen LogP contribution in [0.1, 0.15) is 42.5 Å². The Morgan fingerprint density at radius 2 is 1.95 bits per heavy atom. The number of pyridine rings is 1. The maximum atomic E-state index is 12.7. The minimum atomic E-state index is -0.105. The number of fused-ring (bicyclic) bond motifs is 1. The third-order valence-corrected chi connectivity index (χ3v) is 5.40. The second-order valence-corrected chi connectivity index (χ2v) is 6.37. The maximum absolute atomic E-state index is 12.7. The van der Waals surface area contributed by atoms with Gasteiger partial charge in [-0.15, -0.1) is 0 Å². The van der Waals surface area contributed by atoms with Crippen molar-refractivity contribution in [2.75, 3.05) is 5.33 Å². The normalized spacial score (nSPS) is 17.6. The van der Waals surface area contributed by atoms with Crippen molar-refractivity contribution in [1.29, 1.82) is 0 Å². The number of hydrogen-bond donors (Lipinski definition) is 1. The Labute approximate surface area is 133 Å². The summed E-state index contributed by atoms with van der Waals surface area (Å²) in [5.41, 5.74) is 1.34. The number of para-hydroxylation sites is 1. The monoisotopic (exact) mass is 346 g/mol. The van der Waals surface area contributed by atoms with Crippen molar-refractivity contribution in [2.24, 2.45) is 0 Å². The smallest absolute Gasteiger partial charge is 0.253 e. The molecule has 1 N–H and O–H groups in total. The highest BCUT2D eigenvalue weighted by Crippen LogP contribution is 2.30. The number of aromatic nitrogens is 1. The Morgan fingerprint density at radius 1 is 1.19 bits per heavy atom. The number of nitrogens with one attached hydrogen (secondary N) is 1. The Morgan fingerprint density at radius 3 is 2.71 bits per heavy atom. The predicted molar refractivity (Wildman–Crippen MR) is 88.8 cm³/mol. The lowest BCUT2D eigenvalue weighted by Crippen LogP contribution is -2.51. The molecule has 0 unspecified atom stereocenters. The molecule has 1 aliphatic carbocycles. The van der Waals surface area contributed by atoms with E-state index >= 15 is 0 Å². The van der Waals surface area contributed by atoms with E-state index in [1.165, 1.54) is 19.3 Å². The van der Waals surface area contributed by atoms with Gasteiger partial charge in [-0.2, -0.15) is 0 Å². The zero-order valence-corrected chi connectivity index (χ0v) is 13.5. The molecule has 110 valence electrons. The summed E-state index contributed by atoms with van der Waals surface area (Å²) in [6, 6.07) is 9.64. The molecule has 1 heterocycles. The van der Waals surface area contributed by atoms with Crippen LogP contribution in [0, 0.1) is 0 Å². The maximum Gasteiger partial charge on any atom is 0.253 e. The fraction of sp³-hybridized carbons (Fsp3) is 0.412. The molecule has 1 amide bonds. The first-order valence-corrected chi connectivity index (χ1v) is 8.58. The highest BCUT2D eigenvalue weighted by molar-refractivity contribution is 9.09. The van der Waals surface area contributed by atoms with E-state index in [0.29, 0.717) is 5.56 Å². The van der Waals surface area contributed by atoms with E-state index in [2.05, 4.69) is 26.2 Å². The van der Waals surface area contributed by atoms with Crippen molar-refractivity contribution < 1.29 is 4.79 Å². The number of hydrogen-bond acceptors (Lipinski definition) is 2. The number of amides is 1. The molecular formula is C17H19BrN2O. The molecule has 1 aliphatic rings. The zero-order valence-electron chi connectivity index (χ0n) is 11.9. The van der Waals surface area contributed by atoms with Gasteiger partial charge >= 0.3 is 0 Å². The molecule has 21 heavy (non-hydrogen) atoms. The summed E-state index contributed by atoms with van der Waals surface area (Å²) in [6.45, 7) is 0. The lowest BCUT2D eigenvalue weighted by atomic mass is 9.83. The van der Waals surface area contributed by atoms with E-state index in [1.807, 2.05) is 30.3 Å². The SMILES string of the molecule is O=C(NC1(CBr)CCCCC1)c1cccc2cccnc12. The van der Waals surface area contributed by atoms with Crippen LogP contribution in [0.2, 0.25) is 0 Å². The van der Waals surface area contributed by atoms with E-state index in [-0.39, 0.29) is 11.4 Å². The number of carbonyl (C=O) groups is 1. The molecule has 3 nitrogen and oxygen atoms in total. The van der Waals surface area contributed by atoms with Crippen LogP contribution < -0.4 is 5.32 Å². The first-order valence-electron chi connectivity index (χ1n) is 7.46. The largest absolute Gasteiger partial charge is 0.346 e. The van der Waals surface area contributed by atoms with Gasteiger partial charge in [0.2, 0.25) is 0 Å². The minimum Gasteiger partial charge on any atom is -0.346 e. The molecule has 0 saturated heterocycles. The Bertz CT molecular complexity index is 645. The summed E-state index contributed by atoms with van der Waals surface area (Å²) < 4.78 is 0. The standard InChI is InChI=1S/C17H19BrN2O/c18-12-17(9-2-1-3-10-17)20-16(21)14-8-4-6-13-7-5-11-19-15(13)14/h4-8,11H,1-3,9-10,12H2,(H,20,21). The van der Waals surface area contributed by atoms with E-state index in [0.717, 1.165) is 29.1 Å². The Hall–Kier alpha value is -1.42. The summed E-state index contributed by atoms with van der Waals surface area (Å²) >= 11 is 3.59. The van der Waals surface area contributed by atoms with Gasteiger partial charge in [0, 0.05) is 16.9 Å². The number of nitrogens with zero attached hydrogens (tertiary/aromatic N) is 1. The Balaban J connectivity index is 1.90. The van der Waals surface area contributed by atoms with Gasteiger partial charge in [-0.05, 0) is 25.0 Å². The van der Waals surface area contributed by atoms with E-state index in [4.69, 9.17) is 0 Å². The molecule has 0 radical (unpaired) electrons. The molecule has 0 bridgehead atoms. The van der Waals surface area contributed by atoms with Crippen molar-refractivity contribution in [3.05, 3.63) is 42.1 Å². The van der Waals surface area contributed by atoms with Crippen molar-refractivity contribution in [1.82, 2.24) is 10.3 Å². The van der Waals surface area contributed by atoms with Gasteiger partial charge in [0.1, 0.15) is 0 Å². The van der Waals surface area contributed by atoms with Crippen LogP contribution in [0.3, 0.4) is 0 Å². The van der Waals surface area contributed by atoms with Crippen LogP contribution in [0.5, 0.6) is 0 Å². The number of rotatable bonds is 3. The van der Waals surface area contributed by atoms with Crippen LogP contribution in [-0.2, 0) is 0 Å². The van der Waals surface area contributed by atoms with Crippen molar-refractivity contribution in [2.45, 2.75) is 37.6 Å².